The van der Waals surface area contributed by atoms with Crippen LogP contribution in [0.4, 0.5) is 23.2 Å². The Kier molecular flexibility index (Phi) is 12.2. The zero-order valence-corrected chi connectivity index (χ0v) is 21.1. The van der Waals surface area contributed by atoms with Gasteiger partial charge < -0.3 is 25.0 Å². The molecule has 0 bridgehead atoms. The third-order valence-corrected chi connectivity index (χ3v) is 5.63. The highest BCUT2D eigenvalue weighted by Gasteiger charge is 2.51. The summed E-state index contributed by atoms with van der Waals surface area (Å²) in [6.07, 6.45) is -6.13. The lowest BCUT2D eigenvalue weighted by atomic mass is 9.85. The third-order valence-electron chi connectivity index (χ3n) is 5.63. The van der Waals surface area contributed by atoms with E-state index in [4.69, 9.17) is 14.6 Å². The maximum atomic E-state index is 13.5. The molecule has 7 nitrogen and oxygen atoms in total. The molecule has 1 aliphatic rings. The van der Waals surface area contributed by atoms with Crippen LogP contribution in [-0.2, 0) is 9.53 Å². The van der Waals surface area contributed by atoms with Crippen LogP contribution in [-0.4, -0.2) is 53.7 Å². The number of aliphatic hydroxyl groups excluding tert-OH is 2. The first-order valence-electron chi connectivity index (χ1n) is 11.5. The van der Waals surface area contributed by atoms with Gasteiger partial charge in [0.2, 0.25) is 6.41 Å². The van der Waals surface area contributed by atoms with Gasteiger partial charge in [-0.15, -0.1) is 0 Å². The number of methoxy groups -OCH3 is 1. The number of rotatable bonds is 6. The summed E-state index contributed by atoms with van der Waals surface area (Å²) in [6.45, 7) is 8.45. The van der Waals surface area contributed by atoms with Gasteiger partial charge in [-0.25, -0.2) is 4.39 Å². The minimum absolute atomic E-state index is 0.0488. The Morgan fingerprint density at radius 2 is 1.89 bits per heavy atom. The van der Waals surface area contributed by atoms with E-state index in [2.05, 4.69) is 10.3 Å². The number of alkyl halides is 3. The van der Waals surface area contributed by atoms with Gasteiger partial charge in [0.25, 0.3) is 0 Å². The fourth-order valence-corrected chi connectivity index (χ4v) is 3.75. The monoisotopic (exact) mass is 518 g/mol. The summed E-state index contributed by atoms with van der Waals surface area (Å²) in [5, 5.41) is 21.0. The molecule has 0 aliphatic carbocycles. The molecule has 5 atom stereocenters. The molecule has 11 heteroatoms. The standard InChI is InChI=1S/C14H16F4O2.C9H12N2O3.C2H6/c1-7-10(6-20-13(7)14(16,17)18)9-4-5-11(15)8(2)12(9)19-3;1-6(13)9(14)8-4-7(11-5-12)2-3-10-8;1-2/h4-5,7,10,13H,6H2,1-3H3;2-6,9,13-14H,1H3,(H,10,11,12);1-2H3. The van der Waals surface area contributed by atoms with Gasteiger partial charge in [0.15, 0.2) is 6.10 Å². The van der Waals surface area contributed by atoms with Crippen molar-refractivity contribution in [2.75, 3.05) is 19.0 Å². The van der Waals surface area contributed by atoms with E-state index in [1.807, 2.05) is 13.8 Å². The molecular formula is C25H34F4N2O5. The first-order valence-corrected chi connectivity index (χ1v) is 11.5. The molecule has 1 aliphatic heterocycles. The maximum Gasteiger partial charge on any atom is 0.414 e. The minimum Gasteiger partial charge on any atom is -0.496 e. The highest BCUT2D eigenvalue weighted by Crippen LogP contribution is 2.45. The van der Waals surface area contributed by atoms with Crippen molar-refractivity contribution in [2.24, 2.45) is 5.92 Å². The average Bonchev–Trinajstić information content (AvgIpc) is 3.24. The second-order valence-corrected chi connectivity index (χ2v) is 7.97. The van der Waals surface area contributed by atoms with Gasteiger partial charge in [-0.1, -0.05) is 26.8 Å². The van der Waals surface area contributed by atoms with Gasteiger partial charge in [-0.05, 0) is 32.0 Å². The average molecular weight is 519 g/mol. The summed E-state index contributed by atoms with van der Waals surface area (Å²) in [6, 6.07) is 5.82. The number of aliphatic hydroxyl groups is 2. The molecule has 2 aromatic rings. The van der Waals surface area contributed by atoms with Gasteiger partial charge in [0, 0.05) is 34.8 Å². The molecule has 36 heavy (non-hydrogen) atoms. The van der Waals surface area contributed by atoms with E-state index >= 15 is 0 Å². The van der Waals surface area contributed by atoms with Crippen molar-refractivity contribution < 1.29 is 42.0 Å². The topological polar surface area (TPSA) is 101 Å². The molecule has 1 aromatic carbocycles. The van der Waals surface area contributed by atoms with Crippen molar-refractivity contribution >= 4 is 12.1 Å². The van der Waals surface area contributed by atoms with E-state index in [9.17, 15) is 27.5 Å². The molecule has 1 amide bonds. The quantitative estimate of drug-likeness (QED) is 0.371. The lowest BCUT2D eigenvalue weighted by Gasteiger charge is -2.22. The van der Waals surface area contributed by atoms with Crippen LogP contribution < -0.4 is 10.1 Å². The SMILES string of the molecule is CC.CC(O)C(O)c1cc(NC=O)ccn1.COc1c(C2COC(C(F)(F)F)C2C)ccc(F)c1C. The lowest BCUT2D eigenvalue weighted by molar-refractivity contribution is -0.215. The fourth-order valence-electron chi connectivity index (χ4n) is 3.75. The summed E-state index contributed by atoms with van der Waals surface area (Å²) < 4.78 is 62.0. The number of carbonyl (C=O) groups is 1. The van der Waals surface area contributed by atoms with Crippen molar-refractivity contribution in [2.45, 2.75) is 65.0 Å². The van der Waals surface area contributed by atoms with E-state index in [0.717, 1.165) is 0 Å². The Morgan fingerprint density at radius 3 is 2.39 bits per heavy atom. The zero-order valence-electron chi connectivity index (χ0n) is 21.1. The molecule has 0 radical (unpaired) electrons. The van der Waals surface area contributed by atoms with Crippen LogP contribution in [0.2, 0.25) is 0 Å². The number of aromatic nitrogens is 1. The van der Waals surface area contributed by atoms with Crippen LogP contribution in [0.3, 0.4) is 0 Å². The Bertz CT molecular complexity index is 972. The van der Waals surface area contributed by atoms with Crippen molar-refractivity contribution in [1.82, 2.24) is 4.98 Å². The molecular weight excluding hydrogens is 484 g/mol. The second-order valence-electron chi connectivity index (χ2n) is 7.97. The minimum atomic E-state index is -4.39. The van der Waals surface area contributed by atoms with Crippen LogP contribution in [0.15, 0.2) is 30.5 Å². The summed E-state index contributed by atoms with van der Waals surface area (Å²) in [5.74, 6) is -1.34. The summed E-state index contributed by atoms with van der Waals surface area (Å²) in [7, 11) is 1.38. The number of hydrogen-bond acceptors (Lipinski definition) is 6. The second kappa shape index (κ2) is 14.1. The van der Waals surface area contributed by atoms with Crippen molar-refractivity contribution in [1.29, 1.82) is 0 Å². The smallest absolute Gasteiger partial charge is 0.414 e. The Balaban J connectivity index is 0.000000356. The van der Waals surface area contributed by atoms with E-state index in [0.29, 0.717) is 34.7 Å². The van der Waals surface area contributed by atoms with Crippen LogP contribution in [0.1, 0.15) is 56.5 Å². The van der Waals surface area contributed by atoms with Gasteiger partial charge >= 0.3 is 6.18 Å². The largest absolute Gasteiger partial charge is 0.496 e. The van der Waals surface area contributed by atoms with Crippen molar-refractivity contribution in [3.05, 3.63) is 53.1 Å². The van der Waals surface area contributed by atoms with Crippen LogP contribution >= 0.6 is 0 Å². The first kappa shape index (κ1) is 31.3. The number of carbonyl (C=O) groups excluding carboxylic acids is 1. The number of hydrogen-bond donors (Lipinski definition) is 3. The lowest BCUT2D eigenvalue weighted by Crippen LogP contribution is -2.33. The van der Waals surface area contributed by atoms with Crippen LogP contribution in [0.25, 0.3) is 0 Å². The highest BCUT2D eigenvalue weighted by atomic mass is 19.4. The molecule has 0 spiro atoms. The highest BCUT2D eigenvalue weighted by molar-refractivity contribution is 5.70. The number of anilines is 1. The van der Waals surface area contributed by atoms with Gasteiger partial charge in [-0.3, -0.25) is 9.78 Å². The summed E-state index contributed by atoms with van der Waals surface area (Å²) in [5.41, 5.74) is 1.72. The van der Waals surface area contributed by atoms with Crippen molar-refractivity contribution in [3.8, 4) is 5.75 Å². The van der Waals surface area contributed by atoms with Crippen molar-refractivity contribution in [3.63, 3.8) is 0 Å². The molecule has 3 N–H and O–H groups in total. The number of nitrogens with one attached hydrogen (secondary N) is 1. The van der Waals surface area contributed by atoms with E-state index in [-0.39, 0.29) is 6.61 Å². The van der Waals surface area contributed by atoms with Crippen LogP contribution in [0, 0.1) is 18.7 Å². The maximum absolute atomic E-state index is 13.5. The Labute approximate surface area is 208 Å². The van der Waals surface area contributed by atoms with Gasteiger partial charge in [0.1, 0.15) is 17.7 Å². The Hall–Kier alpha value is -2.76. The van der Waals surface area contributed by atoms with Gasteiger partial charge in [-0.2, -0.15) is 13.2 Å². The Morgan fingerprint density at radius 1 is 1.25 bits per heavy atom. The summed E-state index contributed by atoms with van der Waals surface area (Å²) in [4.78, 5) is 14.0. The zero-order chi connectivity index (χ0) is 27.6. The number of nitrogens with zero attached hydrogens (tertiary/aromatic N) is 1. The molecule has 5 unspecified atom stereocenters. The number of ether oxygens (including phenoxy) is 2. The molecule has 2 heterocycles. The fraction of sp³-hybridized carbons (Fsp3) is 0.520. The molecule has 3 rings (SSSR count). The molecule has 1 aromatic heterocycles. The molecule has 202 valence electrons. The van der Waals surface area contributed by atoms with Gasteiger partial charge in [0.05, 0.1) is 25.5 Å². The predicted octanol–water partition coefficient (Wildman–Crippen LogP) is 4.91. The van der Waals surface area contributed by atoms with Crippen LogP contribution in [0.5, 0.6) is 5.75 Å². The first-order chi connectivity index (χ1) is 16.9. The predicted molar refractivity (Wildman–Crippen MR) is 127 cm³/mol. The molecule has 0 saturated carbocycles. The molecule has 1 fully saturated rings. The number of benzene rings is 1. The van der Waals surface area contributed by atoms with E-state index < -0.39 is 42.1 Å². The summed E-state index contributed by atoms with van der Waals surface area (Å²) >= 11 is 0. The number of halogens is 4. The third kappa shape index (κ3) is 7.87. The van der Waals surface area contributed by atoms with E-state index in [1.54, 1.807) is 13.0 Å². The number of amides is 1. The molecule has 1 saturated heterocycles. The van der Waals surface area contributed by atoms with E-state index in [1.165, 1.54) is 45.4 Å². The normalized spacial score (nSPS) is 20.7. The number of pyridine rings is 1.